The topological polar surface area (TPSA) is 99.1 Å². The molecule has 0 aromatic rings. The van der Waals surface area contributed by atoms with Crippen LogP contribution in [0.5, 0.6) is 0 Å². The van der Waals surface area contributed by atoms with E-state index in [0.29, 0.717) is 25.2 Å². The zero-order valence-corrected chi connectivity index (χ0v) is 10.6. The molecule has 19 heavy (non-hydrogen) atoms. The van der Waals surface area contributed by atoms with Gasteiger partial charge in [-0.05, 0) is 18.8 Å². The quantitative estimate of drug-likeness (QED) is 0.749. The fraction of sp³-hybridized carbons (Fsp3) is 0.667. The van der Waals surface area contributed by atoms with Crippen molar-refractivity contribution >= 4 is 23.5 Å². The van der Waals surface area contributed by atoms with E-state index in [2.05, 4.69) is 10.5 Å². The van der Waals surface area contributed by atoms with Crippen molar-refractivity contribution in [1.82, 2.24) is 10.3 Å². The summed E-state index contributed by atoms with van der Waals surface area (Å²) in [6, 6.07) is 0. The van der Waals surface area contributed by atoms with E-state index in [0.717, 1.165) is 12.8 Å². The van der Waals surface area contributed by atoms with Gasteiger partial charge in [-0.25, -0.2) is 5.43 Å². The number of carbonyl (C=O) groups excluding carboxylic acids is 2. The fourth-order valence-electron chi connectivity index (χ4n) is 2.47. The van der Waals surface area contributed by atoms with E-state index in [1.54, 1.807) is 4.90 Å². The van der Waals surface area contributed by atoms with Gasteiger partial charge in [-0.3, -0.25) is 14.4 Å². The van der Waals surface area contributed by atoms with Crippen LogP contribution in [0.3, 0.4) is 0 Å². The van der Waals surface area contributed by atoms with Crippen LogP contribution in [0.15, 0.2) is 5.10 Å². The van der Waals surface area contributed by atoms with Gasteiger partial charge in [0.2, 0.25) is 5.91 Å². The van der Waals surface area contributed by atoms with Crippen LogP contribution in [0.25, 0.3) is 0 Å². The Labute approximate surface area is 110 Å². The third kappa shape index (κ3) is 3.52. The number of carboxylic acid groups (broad SMARTS) is 1. The SMILES string of the molecule is O=C(O)CC1CCCN(C(=O)C2=NNC(=O)CC2)C1. The lowest BCUT2D eigenvalue weighted by Gasteiger charge is -2.32. The molecule has 0 aromatic carbocycles. The molecule has 2 aliphatic heterocycles. The Hall–Kier alpha value is -1.92. The van der Waals surface area contributed by atoms with Crippen molar-refractivity contribution in [3.8, 4) is 0 Å². The third-order valence-corrected chi connectivity index (χ3v) is 3.42. The lowest BCUT2D eigenvalue weighted by Crippen LogP contribution is -2.45. The molecular formula is C12H17N3O4. The second kappa shape index (κ2) is 5.81. The number of aliphatic carboxylic acids is 1. The number of rotatable bonds is 3. The number of carboxylic acids is 1. The van der Waals surface area contributed by atoms with E-state index >= 15 is 0 Å². The highest BCUT2D eigenvalue weighted by atomic mass is 16.4. The van der Waals surface area contributed by atoms with Crippen LogP contribution < -0.4 is 5.43 Å². The molecule has 0 aliphatic carbocycles. The van der Waals surface area contributed by atoms with Crippen molar-refractivity contribution in [2.75, 3.05) is 13.1 Å². The van der Waals surface area contributed by atoms with Crippen molar-refractivity contribution in [1.29, 1.82) is 0 Å². The number of piperidine rings is 1. The summed E-state index contributed by atoms with van der Waals surface area (Å²) in [6.07, 6.45) is 2.36. The number of amides is 2. The molecule has 2 heterocycles. The fourth-order valence-corrected chi connectivity index (χ4v) is 2.47. The minimum absolute atomic E-state index is 0.00832. The van der Waals surface area contributed by atoms with Crippen LogP contribution >= 0.6 is 0 Å². The minimum atomic E-state index is -0.832. The van der Waals surface area contributed by atoms with Crippen LogP contribution in [0, 0.1) is 5.92 Å². The lowest BCUT2D eigenvalue weighted by molar-refractivity contribution is -0.139. The van der Waals surface area contributed by atoms with E-state index in [1.165, 1.54) is 0 Å². The molecule has 0 bridgehead atoms. The van der Waals surface area contributed by atoms with Crippen molar-refractivity contribution in [3.63, 3.8) is 0 Å². The summed E-state index contributed by atoms with van der Waals surface area (Å²) in [5, 5.41) is 12.6. The molecular weight excluding hydrogens is 250 g/mol. The Morgan fingerprint density at radius 2 is 2.21 bits per heavy atom. The number of carbonyl (C=O) groups is 3. The number of nitrogens with zero attached hydrogens (tertiary/aromatic N) is 2. The second-order valence-corrected chi connectivity index (χ2v) is 4.95. The second-order valence-electron chi connectivity index (χ2n) is 4.95. The number of nitrogens with one attached hydrogen (secondary N) is 1. The molecule has 1 fully saturated rings. The van der Waals surface area contributed by atoms with Gasteiger partial charge in [0, 0.05) is 32.4 Å². The summed E-state index contributed by atoms with van der Waals surface area (Å²) in [5.74, 6) is -1.19. The summed E-state index contributed by atoms with van der Waals surface area (Å²) in [4.78, 5) is 35.5. The Kier molecular flexibility index (Phi) is 4.13. The number of hydrogen-bond acceptors (Lipinski definition) is 4. The molecule has 1 atom stereocenters. The van der Waals surface area contributed by atoms with E-state index in [-0.39, 0.29) is 30.6 Å². The van der Waals surface area contributed by atoms with Crippen molar-refractivity contribution in [3.05, 3.63) is 0 Å². The summed E-state index contributed by atoms with van der Waals surface area (Å²) in [5.41, 5.74) is 2.66. The first-order chi connectivity index (χ1) is 9.06. The van der Waals surface area contributed by atoms with E-state index < -0.39 is 5.97 Å². The number of hydrogen-bond donors (Lipinski definition) is 2. The molecule has 7 nitrogen and oxygen atoms in total. The smallest absolute Gasteiger partial charge is 0.303 e. The highest BCUT2D eigenvalue weighted by molar-refractivity contribution is 6.39. The van der Waals surface area contributed by atoms with Gasteiger partial charge in [-0.15, -0.1) is 0 Å². The molecule has 2 N–H and O–H groups in total. The Morgan fingerprint density at radius 3 is 2.84 bits per heavy atom. The first kappa shape index (κ1) is 13.5. The summed E-state index contributed by atoms with van der Waals surface area (Å²) in [6.45, 7) is 1.08. The van der Waals surface area contributed by atoms with Crippen LogP contribution in [-0.2, 0) is 14.4 Å². The molecule has 1 saturated heterocycles. The number of likely N-dealkylation sites (tertiary alicyclic amines) is 1. The molecule has 2 aliphatic rings. The van der Waals surface area contributed by atoms with Gasteiger partial charge in [0.25, 0.3) is 5.91 Å². The average Bonchev–Trinajstić information content (AvgIpc) is 2.38. The van der Waals surface area contributed by atoms with Crippen LogP contribution in [-0.4, -0.2) is 46.6 Å². The molecule has 0 aromatic heterocycles. The van der Waals surface area contributed by atoms with Gasteiger partial charge in [0.15, 0.2) is 0 Å². The van der Waals surface area contributed by atoms with Crippen LogP contribution in [0.1, 0.15) is 32.1 Å². The summed E-state index contributed by atoms with van der Waals surface area (Å²) >= 11 is 0. The predicted octanol–water partition coefficient (Wildman–Crippen LogP) is -0.0343. The minimum Gasteiger partial charge on any atom is -0.481 e. The van der Waals surface area contributed by atoms with Gasteiger partial charge in [-0.1, -0.05) is 0 Å². The van der Waals surface area contributed by atoms with Crippen LogP contribution in [0.4, 0.5) is 0 Å². The first-order valence-corrected chi connectivity index (χ1v) is 6.42. The third-order valence-electron chi connectivity index (χ3n) is 3.42. The summed E-state index contributed by atoms with van der Waals surface area (Å²) < 4.78 is 0. The molecule has 2 rings (SSSR count). The average molecular weight is 267 g/mol. The molecule has 7 heteroatoms. The predicted molar refractivity (Wildman–Crippen MR) is 66.4 cm³/mol. The first-order valence-electron chi connectivity index (χ1n) is 6.42. The maximum atomic E-state index is 12.2. The zero-order valence-electron chi connectivity index (χ0n) is 10.6. The van der Waals surface area contributed by atoms with E-state index in [1.807, 2.05) is 0 Å². The Bertz CT molecular complexity index is 433. The molecule has 0 saturated carbocycles. The molecule has 1 unspecified atom stereocenters. The lowest BCUT2D eigenvalue weighted by atomic mass is 9.94. The molecule has 0 spiro atoms. The maximum absolute atomic E-state index is 12.2. The van der Waals surface area contributed by atoms with Gasteiger partial charge < -0.3 is 10.0 Å². The summed E-state index contributed by atoms with van der Waals surface area (Å²) in [7, 11) is 0. The van der Waals surface area contributed by atoms with Crippen molar-refractivity contribution in [2.24, 2.45) is 11.0 Å². The molecule has 0 radical (unpaired) electrons. The number of hydrazone groups is 1. The van der Waals surface area contributed by atoms with Gasteiger partial charge in [0.05, 0.1) is 0 Å². The van der Waals surface area contributed by atoms with E-state index in [4.69, 9.17) is 5.11 Å². The maximum Gasteiger partial charge on any atom is 0.303 e. The standard InChI is InChI=1S/C12H17N3O4/c16-10-4-3-9(13-14-10)12(19)15-5-1-2-8(7-15)6-11(17)18/h8H,1-7H2,(H,14,16)(H,17,18). The normalized spacial score (nSPS) is 23.6. The Morgan fingerprint density at radius 1 is 1.42 bits per heavy atom. The van der Waals surface area contributed by atoms with Crippen LogP contribution in [0.2, 0.25) is 0 Å². The zero-order chi connectivity index (χ0) is 13.8. The van der Waals surface area contributed by atoms with Gasteiger partial charge in [-0.2, -0.15) is 5.10 Å². The van der Waals surface area contributed by atoms with Crippen molar-refractivity contribution < 1.29 is 19.5 Å². The largest absolute Gasteiger partial charge is 0.481 e. The molecule has 2 amide bonds. The van der Waals surface area contributed by atoms with Gasteiger partial charge >= 0.3 is 5.97 Å². The van der Waals surface area contributed by atoms with Gasteiger partial charge in [0.1, 0.15) is 5.71 Å². The Balaban J connectivity index is 1.95. The highest BCUT2D eigenvalue weighted by Gasteiger charge is 2.29. The molecule has 104 valence electrons. The highest BCUT2D eigenvalue weighted by Crippen LogP contribution is 2.20. The van der Waals surface area contributed by atoms with Crippen molar-refractivity contribution in [2.45, 2.75) is 32.1 Å². The monoisotopic (exact) mass is 267 g/mol. The van der Waals surface area contributed by atoms with E-state index in [9.17, 15) is 14.4 Å².